The van der Waals surface area contributed by atoms with E-state index in [2.05, 4.69) is 34.4 Å². The van der Waals surface area contributed by atoms with E-state index in [0.717, 1.165) is 42.3 Å². The standard InChI is InChI=1S/C16H22N4O2S2/c1-17-4-7-19(8-5-17)15-11-13(12-16-14(15)3-10-23-16)20-9-6-18(2)24(20,21)22/h3,10-12H,4-9H2,1-2H3. The number of hydrogen-bond acceptors (Lipinski definition) is 5. The maximum atomic E-state index is 12.5. The maximum Gasteiger partial charge on any atom is 0.303 e. The normalized spacial score (nSPS) is 22.6. The summed E-state index contributed by atoms with van der Waals surface area (Å²) in [7, 11) is 0.396. The minimum atomic E-state index is -3.38. The van der Waals surface area contributed by atoms with E-state index in [4.69, 9.17) is 0 Å². The van der Waals surface area contributed by atoms with Crippen LogP contribution in [0.15, 0.2) is 23.6 Å². The summed E-state index contributed by atoms with van der Waals surface area (Å²) in [5, 5.41) is 3.30. The Kier molecular flexibility index (Phi) is 3.95. The Bertz CT molecular complexity index is 856. The van der Waals surface area contributed by atoms with Crippen molar-refractivity contribution in [2.24, 2.45) is 0 Å². The zero-order chi connectivity index (χ0) is 16.9. The molecule has 0 radical (unpaired) electrons. The molecule has 2 aromatic rings. The molecule has 0 atom stereocenters. The van der Waals surface area contributed by atoms with E-state index in [0.29, 0.717) is 13.1 Å². The van der Waals surface area contributed by atoms with Gasteiger partial charge in [-0.1, -0.05) is 0 Å². The largest absolute Gasteiger partial charge is 0.368 e. The van der Waals surface area contributed by atoms with Gasteiger partial charge in [0, 0.05) is 62.1 Å². The molecule has 0 saturated carbocycles. The molecule has 0 amide bonds. The smallest absolute Gasteiger partial charge is 0.303 e. The molecule has 0 aliphatic carbocycles. The highest BCUT2D eigenvalue weighted by Crippen LogP contribution is 2.37. The average molecular weight is 367 g/mol. The highest BCUT2D eigenvalue weighted by atomic mass is 32.2. The van der Waals surface area contributed by atoms with Crippen LogP contribution in [0.25, 0.3) is 10.1 Å². The number of benzene rings is 1. The number of rotatable bonds is 2. The summed E-state index contributed by atoms with van der Waals surface area (Å²) in [6, 6.07) is 6.20. The van der Waals surface area contributed by atoms with E-state index in [1.54, 1.807) is 18.4 Å². The van der Waals surface area contributed by atoms with Crippen LogP contribution in [-0.4, -0.2) is 71.0 Å². The first-order valence-electron chi connectivity index (χ1n) is 8.15. The highest BCUT2D eigenvalue weighted by molar-refractivity contribution is 7.90. The van der Waals surface area contributed by atoms with E-state index in [-0.39, 0.29) is 0 Å². The first-order valence-corrected chi connectivity index (χ1v) is 10.4. The second-order valence-corrected chi connectivity index (χ2v) is 9.40. The Hall–Kier alpha value is -1.35. The summed E-state index contributed by atoms with van der Waals surface area (Å²) in [5.41, 5.74) is 1.94. The van der Waals surface area contributed by atoms with Crippen molar-refractivity contribution in [3.8, 4) is 0 Å². The number of piperazine rings is 1. The third kappa shape index (κ3) is 2.57. The van der Waals surface area contributed by atoms with Gasteiger partial charge in [-0.05, 0) is 30.6 Å². The lowest BCUT2D eigenvalue weighted by molar-refractivity contribution is 0.313. The van der Waals surface area contributed by atoms with Crippen LogP contribution < -0.4 is 9.21 Å². The number of fused-ring (bicyclic) bond motifs is 1. The van der Waals surface area contributed by atoms with Crippen molar-refractivity contribution in [3.63, 3.8) is 0 Å². The van der Waals surface area contributed by atoms with E-state index in [1.807, 2.05) is 6.07 Å². The van der Waals surface area contributed by atoms with Gasteiger partial charge in [0.15, 0.2) is 0 Å². The van der Waals surface area contributed by atoms with Gasteiger partial charge < -0.3 is 9.80 Å². The molecule has 0 spiro atoms. The fraction of sp³-hybridized carbons (Fsp3) is 0.500. The van der Waals surface area contributed by atoms with Gasteiger partial charge in [0.25, 0.3) is 0 Å². The SMILES string of the molecule is CN1CCN(c2cc(N3CCN(C)S3(=O)=O)cc3sccc23)CC1. The summed E-state index contributed by atoms with van der Waals surface area (Å²) in [6.45, 7) is 5.04. The van der Waals surface area contributed by atoms with Crippen molar-refractivity contribution in [1.82, 2.24) is 9.21 Å². The van der Waals surface area contributed by atoms with Crippen LogP contribution in [-0.2, 0) is 10.2 Å². The van der Waals surface area contributed by atoms with Crippen LogP contribution in [0.2, 0.25) is 0 Å². The predicted molar refractivity (Wildman–Crippen MR) is 100 cm³/mol. The Labute approximate surface area is 147 Å². The Morgan fingerprint density at radius 1 is 1.00 bits per heavy atom. The van der Waals surface area contributed by atoms with Gasteiger partial charge in [-0.3, -0.25) is 4.31 Å². The van der Waals surface area contributed by atoms with E-state index >= 15 is 0 Å². The summed E-state index contributed by atoms with van der Waals surface area (Å²) in [4.78, 5) is 4.70. The van der Waals surface area contributed by atoms with Gasteiger partial charge in [0.05, 0.1) is 5.69 Å². The van der Waals surface area contributed by atoms with Crippen LogP contribution in [0.4, 0.5) is 11.4 Å². The molecular weight excluding hydrogens is 344 g/mol. The Balaban J connectivity index is 1.78. The van der Waals surface area contributed by atoms with Crippen LogP contribution in [0.1, 0.15) is 0 Å². The second-order valence-electron chi connectivity index (χ2n) is 6.49. The lowest BCUT2D eigenvalue weighted by Crippen LogP contribution is -2.44. The lowest BCUT2D eigenvalue weighted by atomic mass is 10.1. The molecule has 6 nitrogen and oxygen atoms in total. The van der Waals surface area contributed by atoms with E-state index < -0.39 is 10.2 Å². The van der Waals surface area contributed by atoms with Crippen molar-refractivity contribution in [3.05, 3.63) is 23.6 Å². The average Bonchev–Trinajstić information content (AvgIpc) is 3.12. The zero-order valence-electron chi connectivity index (χ0n) is 14.0. The van der Waals surface area contributed by atoms with Crippen molar-refractivity contribution < 1.29 is 8.42 Å². The highest BCUT2D eigenvalue weighted by Gasteiger charge is 2.34. The van der Waals surface area contributed by atoms with E-state index in [1.165, 1.54) is 14.0 Å². The molecule has 2 aliphatic heterocycles. The third-order valence-corrected chi connectivity index (χ3v) is 7.74. The first kappa shape index (κ1) is 16.1. The van der Waals surface area contributed by atoms with Gasteiger partial charge in [-0.25, -0.2) is 0 Å². The molecule has 3 heterocycles. The maximum absolute atomic E-state index is 12.5. The van der Waals surface area contributed by atoms with Crippen LogP contribution >= 0.6 is 11.3 Å². The van der Waals surface area contributed by atoms with Crippen LogP contribution in [0.5, 0.6) is 0 Å². The molecule has 8 heteroatoms. The number of hydrogen-bond donors (Lipinski definition) is 0. The minimum absolute atomic E-state index is 0.512. The third-order valence-electron chi connectivity index (χ3n) is 4.96. The fourth-order valence-corrected chi connectivity index (χ4v) is 5.56. The molecule has 1 aromatic carbocycles. The van der Waals surface area contributed by atoms with E-state index in [9.17, 15) is 8.42 Å². The molecule has 0 unspecified atom stereocenters. The van der Waals surface area contributed by atoms with Crippen LogP contribution in [0.3, 0.4) is 0 Å². The fourth-order valence-electron chi connectivity index (χ4n) is 3.38. The molecule has 1 aromatic heterocycles. The number of thiophene rings is 1. The summed E-state index contributed by atoms with van der Waals surface area (Å²) >= 11 is 1.67. The lowest BCUT2D eigenvalue weighted by Gasteiger charge is -2.35. The minimum Gasteiger partial charge on any atom is -0.368 e. The molecule has 2 saturated heterocycles. The Morgan fingerprint density at radius 2 is 1.75 bits per heavy atom. The zero-order valence-corrected chi connectivity index (χ0v) is 15.6. The summed E-state index contributed by atoms with van der Waals surface area (Å²) in [5.74, 6) is 0. The van der Waals surface area contributed by atoms with Gasteiger partial charge in [-0.15, -0.1) is 11.3 Å². The first-order chi connectivity index (χ1) is 11.5. The summed E-state index contributed by atoms with van der Waals surface area (Å²) < 4.78 is 29.2. The molecule has 0 N–H and O–H groups in total. The molecule has 2 fully saturated rings. The van der Waals surface area contributed by atoms with Gasteiger partial charge in [0.1, 0.15) is 0 Å². The van der Waals surface area contributed by atoms with Gasteiger partial charge in [0.2, 0.25) is 0 Å². The molecule has 2 aliphatic rings. The molecule has 0 bridgehead atoms. The predicted octanol–water partition coefficient (Wildman–Crippen LogP) is 1.65. The monoisotopic (exact) mass is 366 g/mol. The van der Waals surface area contributed by atoms with Crippen molar-refractivity contribution in [2.75, 3.05) is 62.6 Å². The van der Waals surface area contributed by atoms with Crippen molar-refractivity contribution in [1.29, 1.82) is 0 Å². The van der Waals surface area contributed by atoms with Crippen molar-refractivity contribution >= 4 is 43.0 Å². The quantitative estimate of drug-likeness (QED) is 0.811. The Morgan fingerprint density at radius 3 is 2.42 bits per heavy atom. The topological polar surface area (TPSA) is 47.1 Å². The van der Waals surface area contributed by atoms with Gasteiger partial charge in [-0.2, -0.15) is 12.7 Å². The number of likely N-dealkylation sites (N-methyl/N-ethyl adjacent to an activating group) is 2. The molecule has 4 rings (SSSR count). The second kappa shape index (κ2) is 5.87. The number of nitrogens with zero attached hydrogens (tertiary/aromatic N) is 4. The molecule has 130 valence electrons. The number of anilines is 2. The van der Waals surface area contributed by atoms with Crippen LogP contribution in [0, 0.1) is 0 Å². The molecule has 24 heavy (non-hydrogen) atoms. The summed E-state index contributed by atoms with van der Waals surface area (Å²) in [6.07, 6.45) is 0. The molecular formula is C16H22N4O2S2. The van der Waals surface area contributed by atoms with Gasteiger partial charge >= 0.3 is 10.2 Å². The van der Waals surface area contributed by atoms with Crippen molar-refractivity contribution in [2.45, 2.75) is 0 Å².